The Kier molecular flexibility index (Phi) is 3.09. The number of rotatable bonds is 3. The molecule has 1 aromatic heterocycles. The number of H-pyrrole nitrogens is 1. The van der Waals surface area contributed by atoms with Gasteiger partial charge in [0.05, 0.1) is 12.3 Å². The first-order valence-corrected chi connectivity index (χ1v) is 5.26. The quantitative estimate of drug-likeness (QED) is 0.800. The fourth-order valence-electron chi connectivity index (χ4n) is 1.55. The van der Waals surface area contributed by atoms with Crippen molar-refractivity contribution in [2.45, 2.75) is 6.92 Å². The zero-order chi connectivity index (χ0) is 12.3. The van der Waals surface area contributed by atoms with E-state index < -0.39 is 11.1 Å². The van der Waals surface area contributed by atoms with Crippen LogP contribution in [0, 0.1) is 0 Å². The molecule has 0 amide bonds. The lowest BCUT2D eigenvalue weighted by Gasteiger charge is -2.10. The first-order chi connectivity index (χ1) is 8.24. The van der Waals surface area contributed by atoms with Crippen molar-refractivity contribution in [2.24, 2.45) is 0 Å². The number of aromatic nitrogens is 2. The van der Waals surface area contributed by atoms with Crippen LogP contribution in [0.25, 0.3) is 5.69 Å². The third-order valence-electron chi connectivity index (χ3n) is 2.28. The van der Waals surface area contributed by atoms with Gasteiger partial charge < -0.3 is 9.72 Å². The van der Waals surface area contributed by atoms with Crippen molar-refractivity contribution >= 4 is 0 Å². The highest BCUT2D eigenvalue weighted by Crippen LogP contribution is 2.20. The van der Waals surface area contributed by atoms with Crippen molar-refractivity contribution in [3.05, 3.63) is 57.4 Å². The second-order valence-electron chi connectivity index (χ2n) is 3.37. The molecule has 0 aliphatic heterocycles. The molecular formula is C12H12N2O3. The zero-order valence-electron chi connectivity index (χ0n) is 9.34. The Bertz CT molecular complexity index is 628. The van der Waals surface area contributed by atoms with Crippen LogP contribution < -0.4 is 15.9 Å². The van der Waals surface area contributed by atoms with Gasteiger partial charge in [0.2, 0.25) is 0 Å². The largest absolute Gasteiger partial charge is 0.492 e. The molecule has 88 valence electrons. The maximum Gasteiger partial charge on any atom is 0.320 e. The van der Waals surface area contributed by atoms with Gasteiger partial charge in [0.15, 0.2) is 0 Å². The molecule has 0 unspecified atom stereocenters. The molecule has 0 fully saturated rings. The van der Waals surface area contributed by atoms with Crippen molar-refractivity contribution in [1.82, 2.24) is 9.55 Å². The van der Waals surface area contributed by atoms with Gasteiger partial charge in [0.1, 0.15) is 5.75 Å². The SMILES string of the molecule is CCOc1ccccc1-n1cc[nH]c(=O)c1=O. The Morgan fingerprint density at radius 2 is 2.06 bits per heavy atom. The van der Waals surface area contributed by atoms with Crippen LogP contribution in [0.15, 0.2) is 46.2 Å². The summed E-state index contributed by atoms with van der Waals surface area (Å²) in [6.45, 7) is 2.35. The minimum atomic E-state index is -0.654. The van der Waals surface area contributed by atoms with Crippen molar-refractivity contribution in [1.29, 1.82) is 0 Å². The lowest BCUT2D eigenvalue weighted by atomic mass is 10.3. The zero-order valence-corrected chi connectivity index (χ0v) is 9.34. The topological polar surface area (TPSA) is 64.1 Å². The fraction of sp³-hybridized carbons (Fsp3) is 0.167. The first-order valence-electron chi connectivity index (χ1n) is 5.26. The van der Waals surface area contributed by atoms with E-state index in [4.69, 9.17) is 4.74 Å². The molecule has 1 N–H and O–H groups in total. The summed E-state index contributed by atoms with van der Waals surface area (Å²) in [6, 6.07) is 7.08. The molecule has 0 bridgehead atoms. The van der Waals surface area contributed by atoms with E-state index in [0.717, 1.165) is 0 Å². The predicted octanol–water partition coefficient (Wildman–Crippen LogP) is 0.924. The molecule has 0 saturated carbocycles. The fourth-order valence-corrected chi connectivity index (χ4v) is 1.55. The molecule has 2 aromatic rings. The molecule has 5 nitrogen and oxygen atoms in total. The Balaban J connectivity index is 2.64. The highest BCUT2D eigenvalue weighted by atomic mass is 16.5. The van der Waals surface area contributed by atoms with Gasteiger partial charge in [-0.2, -0.15) is 0 Å². The summed E-state index contributed by atoms with van der Waals surface area (Å²) < 4.78 is 6.68. The highest BCUT2D eigenvalue weighted by molar-refractivity contribution is 5.46. The van der Waals surface area contributed by atoms with E-state index in [1.54, 1.807) is 18.2 Å². The molecule has 2 rings (SSSR count). The molecule has 5 heteroatoms. The van der Waals surface area contributed by atoms with Gasteiger partial charge in [-0.1, -0.05) is 12.1 Å². The molecule has 0 aliphatic rings. The monoisotopic (exact) mass is 232 g/mol. The van der Waals surface area contributed by atoms with Crippen molar-refractivity contribution < 1.29 is 4.74 Å². The number of nitrogens with one attached hydrogen (secondary N) is 1. The standard InChI is InChI=1S/C12H12N2O3/c1-2-17-10-6-4-3-5-9(10)14-8-7-13-11(15)12(14)16/h3-8H,2H2,1H3,(H,13,15). The molecule has 0 spiro atoms. The highest BCUT2D eigenvalue weighted by Gasteiger charge is 2.07. The average molecular weight is 232 g/mol. The van der Waals surface area contributed by atoms with E-state index >= 15 is 0 Å². The number of aromatic amines is 1. The number of nitrogens with zero attached hydrogens (tertiary/aromatic N) is 1. The van der Waals surface area contributed by atoms with Gasteiger partial charge in [-0.05, 0) is 19.1 Å². The summed E-state index contributed by atoms with van der Waals surface area (Å²) >= 11 is 0. The number of benzene rings is 1. The van der Waals surface area contributed by atoms with Gasteiger partial charge in [-0.15, -0.1) is 0 Å². The second kappa shape index (κ2) is 4.69. The second-order valence-corrected chi connectivity index (χ2v) is 3.37. The number of para-hydroxylation sites is 2. The Morgan fingerprint density at radius 3 is 2.82 bits per heavy atom. The minimum Gasteiger partial charge on any atom is -0.492 e. The lowest BCUT2D eigenvalue weighted by molar-refractivity contribution is 0.339. The van der Waals surface area contributed by atoms with Gasteiger partial charge in [0.25, 0.3) is 0 Å². The van der Waals surface area contributed by atoms with Crippen molar-refractivity contribution in [3.63, 3.8) is 0 Å². The third kappa shape index (κ3) is 2.13. The van der Waals surface area contributed by atoms with E-state index in [1.807, 2.05) is 13.0 Å². The summed E-state index contributed by atoms with van der Waals surface area (Å²) in [5, 5.41) is 0. The average Bonchev–Trinajstić information content (AvgIpc) is 2.34. The third-order valence-corrected chi connectivity index (χ3v) is 2.28. The summed E-state index contributed by atoms with van der Waals surface area (Å²) in [4.78, 5) is 25.3. The van der Waals surface area contributed by atoms with Crippen LogP contribution in [0.1, 0.15) is 6.92 Å². The molecule has 1 aromatic carbocycles. The smallest absolute Gasteiger partial charge is 0.320 e. The predicted molar refractivity (Wildman–Crippen MR) is 63.8 cm³/mol. The summed E-state index contributed by atoms with van der Waals surface area (Å²) in [5.74, 6) is 0.572. The number of ether oxygens (including phenoxy) is 1. The molecule has 0 radical (unpaired) electrons. The van der Waals surface area contributed by atoms with E-state index in [9.17, 15) is 9.59 Å². The van der Waals surface area contributed by atoms with Crippen molar-refractivity contribution in [3.8, 4) is 11.4 Å². The van der Waals surface area contributed by atoms with Gasteiger partial charge in [-0.25, -0.2) is 0 Å². The van der Waals surface area contributed by atoms with Gasteiger partial charge in [-0.3, -0.25) is 14.2 Å². The Hall–Kier alpha value is -2.30. The van der Waals surface area contributed by atoms with Crippen LogP contribution in [0.2, 0.25) is 0 Å². The molecular weight excluding hydrogens is 220 g/mol. The van der Waals surface area contributed by atoms with E-state index in [2.05, 4.69) is 4.98 Å². The summed E-state index contributed by atoms with van der Waals surface area (Å²) in [7, 11) is 0. The minimum absolute atomic E-state index is 0.495. The molecule has 1 heterocycles. The van der Waals surface area contributed by atoms with Crippen LogP contribution in [-0.2, 0) is 0 Å². The first kappa shape index (κ1) is 11.2. The van der Waals surface area contributed by atoms with Crippen LogP contribution >= 0.6 is 0 Å². The Morgan fingerprint density at radius 1 is 1.29 bits per heavy atom. The normalized spacial score (nSPS) is 10.2. The molecule has 0 aliphatic carbocycles. The van der Waals surface area contributed by atoms with Gasteiger partial charge >= 0.3 is 11.1 Å². The lowest BCUT2D eigenvalue weighted by Crippen LogP contribution is -2.34. The van der Waals surface area contributed by atoms with E-state index in [-0.39, 0.29) is 0 Å². The molecule has 0 saturated heterocycles. The summed E-state index contributed by atoms with van der Waals surface area (Å²) in [6.07, 6.45) is 2.92. The molecule has 0 atom stereocenters. The van der Waals surface area contributed by atoms with E-state index in [1.165, 1.54) is 17.0 Å². The Labute approximate surface area is 97.3 Å². The van der Waals surface area contributed by atoms with Crippen LogP contribution in [0.4, 0.5) is 0 Å². The maximum atomic E-state index is 11.7. The number of hydrogen-bond donors (Lipinski definition) is 1. The van der Waals surface area contributed by atoms with Crippen molar-refractivity contribution in [2.75, 3.05) is 6.61 Å². The van der Waals surface area contributed by atoms with Crippen LogP contribution in [0.5, 0.6) is 5.75 Å². The maximum absolute atomic E-state index is 11.7. The van der Waals surface area contributed by atoms with Gasteiger partial charge in [0, 0.05) is 12.4 Å². The molecule has 17 heavy (non-hydrogen) atoms. The number of hydrogen-bond acceptors (Lipinski definition) is 3. The van der Waals surface area contributed by atoms with Crippen LogP contribution in [-0.4, -0.2) is 16.2 Å². The summed E-state index contributed by atoms with van der Waals surface area (Å²) in [5.41, 5.74) is -0.719. The van der Waals surface area contributed by atoms with E-state index in [0.29, 0.717) is 18.0 Å². The van der Waals surface area contributed by atoms with Crippen LogP contribution in [0.3, 0.4) is 0 Å².